The lowest BCUT2D eigenvalue weighted by atomic mass is 10.2. The van der Waals surface area contributed by atoms with E-state index in [1.165, 1.54) is 12.1 Å². The number of nitrogens with zero attached hydrogens (tertiary/aromatic N) is 3. The maximum absolute atomic E-state index is 10.6. The van der Waals surface area contributed by atoms with Crippen LogP contribution < -0.4 is 10.2 Å². The van der Waals surface area contributed by atoms with Gasteiger partial charge in [0.2, 0.25) is 0 Å². The van der Waals surface area contributed by atoms with Gasteiger partial charge in [-0.25, -0.2) is 4.98 Å². The summed E-state index contributed by atoms with van der Waals surface area (Å²) in [6.45, 7) is 0.598. The Morgan fingerprint density at radius 3 is 2.40 bits per heavy atom. The van der Waals surface area contributed by atoms with E-state index in [2.05, 4.69) is 10.3 Å². The fraction of sp³-hybridized carbons (Fsp3) is 0.214. The molecular weight excluding hydrogens is 256 g/mol. The van der Waals surface area contributed by atoms with E-state index in [0.29, 0.717) is 6.54 Å². The molecule has 1 aromatic heterocycles. The highest BCUT2D eigenvalue weighted by Gasteiger charge is 2.04. The monoisotopic (exact) mass is 272 g/mol. The minimum atomic E-state index is -0.402. The second-order valence-electron chi connectivity index (χ2n) is 4.58. The summed E-state index contributed by atoms with van der Waals surface area (Å²) in [5.74, 6) is 0.894. The van der Waals surface area contributed by atoms with Crippen molar-refractivity contribution in [2.45, 2.75) is 6.54 Å². The first-order valence-corrected chi connectivity index (χ1v) is 6.17. The average molecular weight is 272 g/mol. The summed E-state index contributed by atoms with van der Waals surface area (Å²) in [6.07, 6.45) is 1.76. The normalized spacial score (nSPS) is 10.1. The Labute approximate surface area is 117 Å². The molecule has 2 aromatic rings. The molecule has 0 aliphatic rings. The number of non-ortho nitro benzene ring substituents is 1. The summed E-state index contributed by atoms with van der Waals surface area (Å²) >= 11 is 0. The Morgan fingerprint density at radius 2 is 1.90 bits per heavy atom. The molecule has 0 saturated carbocycles. The van der Waals surface area contributed by atoms with E-state index in [1.54, 1.807) is 18.3 Å². The van der Waals surface area contributed by atoms with Gasteiger partial charge in [0.25, 0.3) is 5.69 Å². The predicted molar refractivity (Wildman–Crippen MR) is 79.0 cm³/mol. The molecule has 20 heavy (non-hydrogen) atoms. The van der Waals surface area contributed by atoms with Gasteiger partial charge in [-0.05, 0) is 17.7 Å². The van der Waals surface area contributed by atoms with E-state index >= 15 is 0 Å². The van der Waals surface area contributed by atoms with Crippen molar-refractivity contribution in [3.8, 4) is 0 Å². The number of nitrogens with one attached hydrogen (secondary N) is 1. The fourth-order valence-electron chi connectivity index (χ4n) is 1.69. The molecule has 0 spiro atoms. The zero-order valence-corrected chi connectivity index (χ0v) is 11.4. The van der Waals surface area contributed by atoms with Crippen molar-refractivity contribution >= 4 is 17.2 Å². The molecular formula is C14H16N4O2. The van der Waals surface area contributed by atoms with Crippen LogP contribution in [-0.4, -0.2) is 24.0 Å². The van der Waals surface area contributed by atoms with Gasteiger partial charge in [0.1, 0.15) is 5.82 Å². The maximum atomic E-state index is 10.6. The zero-order chi connectivity index (χ0) is 14.5. The molecule has 6 heteroatoms. The van der Waals surface area contributed by atoms with Gasteiger partial charge in [0, 0.05) is 32.8 Å². The van der Waals surface area contributed by atoms with E-state index in [1.807, 2.05) is 31.1 Å². The van der Waals surface area contributed by atoms with E-state index in [4.69, 9.17) is 0 Å². The maximum Gasteiger partial charge on any atom is 0.269 e. The lowest BCUT2D eigenvalue weighted by Crippen LogP contribution is -2.10. The minimum absolute atomic E-state index is 0.103. The molecule has 6 nitrogen and oxygen atoms in total. The van der Waals surface area contributed by atoms with E-state index in [0.717, 1.165) is 17.1 Å². The van der Waals surface area contributed by atoms with Crippen LogP contribution in [-0.2, 0) is 6.54 Å². The standard InChI is InChI=1S/C14H16N4O2/c1-17(2)14-8-5-12(10-16-14)15-9-11-3-6-13(7-4-11)18(19)20/h3-8,10,15H,9H2,1-2H3. The summed E-state index contributed by atoms with van der Waals surface area (Å²) in [6, 6.07) is 10.4. The van der Waals surface area contributed by atoms with Crippen LogP contribution in [0.25, 0.3) is 0 Å². The smallest absolute Gasteiger partial charge is 0.269 e. The van der Waals surface area contributed by atoms with Gasteiger partial charge in [0.05, 0.1) is 16.8 Å². The lowest BCUT2D eigenvalue weighted by molar-refractivity contribution is -0.384. The molecule has 0 fully saturated rings. The van der Waals surface area contributed by atoms with Crippen molar-refractivity contribution in [1.29, 1.82) is 0 Å². The Hall–Kier alpha value is -2.63. The number of benzene rings is 1. The van der Waals surface area contributed by atoms with Crippen LogP contribution in [0.3, 0.4) is 0 Å². The summed E-state index contributed by atoms with van der Waals surface area (Å²) < 4.78 is 0. The number of anilines is 2. The number of pyridine rings is 1. The molecule has 1 N–H and O–H groups in total. The van der Waals surface area contributed by atoms with Crippen LogP contribution in [0.1, 0.15) is 5.56 Å². The Kier molecular flexibility index (Phi) is 4.14. The SMILES string of the molecule is CN(C)c1ccc(NCc2ccc([N+](=O)[O-])cc2)cn1. The third kappa shape index (κ3) is 3.44. The van der Waals surface area contributed by atoms with Gasteiger partial charge >= 0.3 is 0 Å². The molecule has 0 aliphatic carbocycles. The molecule has 1 heterocycles. The van der Waals surface area contributed by atoms with Crippen LogP contribution in [0.2, 0.25) is 0 Å². The van der Waals surface area contributed by atoms with Crippen LogP contribution in [0.15, 0.2) is 42.6 Å². The van der Waals surface area contributed by atoms with Crippen molar-refractivity contribution in [3.63, 3.8) is 0 Å². The first-order valence-electron chi connectivity index (χ1n) is 6.17. The number of nitro benzene ring substituents is 1. The first kappa shape index (κ1) is 13.8. The Morgan fingerprint density at radius 1 is 1.20 bits per heavy atom. The number of aromatic nitrogens is 1. The molecule has 104 valence electrons. The highest BCUT2D eigenvalue weighted by Crippen LogP contribution is 2.15. The van der Waals surface area contributed by atoms with Gasteiger partial charge in [-0.1, -0.05) is 12.1 Å². The molecule has 2 rings (SSSR count). The summed E-state index contributed by atoms with van der Waals surface area (Å²) in [7, 11) is 3.87. The van der Waals surface area contributed by atoms with Crippen molar-refractivity contribution < 1.29 is 4.92 Å². The Balaban J connectivity index is 1.96. The lowest BCUT2D eigenvalue weighted by Gasteiger charge is -2.12. The molecule has 0 saturated heterocycles. The van der Waals surface area contributed by atoms with Crippen molar-refractivity contribution in [2.24, 2.45) is 0 Å². The first-order chi connectivity index (χ1) is 9.56. The third-order valence-electron chi connectivity index (χ3n) is 2.85. The fourth-order valence-corrected chi connectivity index (χ4v) is 1.69. The van der Waals surface area contributed by atoms with Gasteiger partial charge < -0.3 is 10.2 Å². The van der Waals surface area contributed by atoms with Crippen LogP contribution in [0, 0.1) is 10.1 Å². The van der Waals surface area contributed by atoms with Crippen molar-refractivity contribution in [2.75, 3.05) is 24.3 Å². The number of nitro groups is 1. The highest BCUT2D eigenvalue weighted by molar-refractivity contribution is 5.48. The minimum Gasteiger partial charge on any atom is -0.380 e. The topological polar surface area (TPSA) is 71.3 Å². The largest absolute Gasteiger partial charge is 0.380 e. The molecule has 0 bridgehead atoms. The van der Waals surface area contributed by atoms with Crippen molar-refractivity contribution in [1.82, 2.24) is 4.98 Å². The van der Waals surface area contributed by atoms with E-state index < -0.39 is 4.92 Å². The van der Waals surface area contributed by atoms with Crippen LogP contribution >= 0.6 is 0 Å². The molecule has 0 aliphatic heterocycles. The average Bonchev–Trinajstić information content (AvgIpc) is 2.46. The van der Waals surface area contributed by atoms with E-state index in [9.17, 15) is 10.1 Å². The highest BCUT2D eigenvalue weighted by atomic mass is 16.6. The third-order valence-corrected chi connectivity index (χ3v) is 2.85. The number of hydrogen-bond acceptors (Lipinski definition) is 5. The van der Waals surface area contributed by atoms with Gasteiger partial charge in [0.15, 0.2) is 0 Å². The molecule has 0 unspecified atom stereocenters. The molecule has 1 aromatic carbocycles. The zero-order valence-electron chi connectivity index (χ0n) is 11.4. The summed E-state index contributed by atoms with van der Waals surface area (Å²) in [5.41, 5.74) is 1.99. The molecule has 0 radical (unpaired) electrons. The van der Waals surface area contributed by atoms with E-state index in [-0.39, 0.29) is 5.69 Å². The van der Waals surface area contributed by atoms with Crippen LogP contribution in [0.5, 0.6) is 0 Å². The van der Waals surface area contributed by atoms with Gasteiger partial charge in [-0.3, -0.25) is 10.1 Å². The Bertz CT molecular complexity index is 579. The van der Waals surface area contributed by atoms with Crippen molar-refractivity contribution in [3.05, 3.63) is 58.3 Å². The molecule has 0 atom stereocenters. The quantitative estimate of drug-likeness (QED) is 0.669. The summed E-state index contributed by atoms with van der Waals surface area (Å²) in [5, 5.41) is 13.8. The second kappa shape index (κ2) is 6.01. The molecule has 0 amide bonds. The predicted octanol–water partition coefficient (Wildman–Crippen LogP) is 2.67. The summed E-state index contributed by atoms with van der Waals surface area (Å²) in [4.78, 5) is 16.4. The number of rotatable bonds is 5. The van der Waals surface area contributed by atoms with Gasteiger partial charge in [-0.15, -0.1) is 0 Å². The van der Waals surface area contributed by atoms with Gasteiger partial charge in [-0.2, -0.15) is 0 Å². The number of hydrogen-bond donors (Lipinski definition) is 1. The van der Waals surface area contributed by atoms with Crippen LogP contribution in [0.4, 0.5) is 17.2 Å². The second-order valence-corrected chi connectivity index (χ2v) is 4.58.